The van der Waals surface area contributed by atoms with E-state index in [0.717, 1.165) is 27.8 Å². The lowest BCUT2D eigenvalue weighted by molar-refractivity contribution is 0.606. The number of thiol groups is 1. The molecule has 0 atom stereocenters. The quantitative estimate of drug-likeness (QED) is 0.320. The molecule has 0 aliphatic rings. The molecule has 1 N–H and O–H groups in total. The maximum Gasteiger partial charge on any atom is 0.144 e. The first kappa shape index (κ1) is 21.6. The van der Waals surface area contributed by atoms with Gasteiger partial charge in [0.05, 0.1) is 0 Å². The average Bonchev–Trinajstić information content (AvgIpc) is 2.70. The molecular weight excluding hydrogens is 367 g/mol. The van der Waals surface area contributed by atoms with E-state index in [9.17, 15) is 4.39 Å². The Labute approximate surface area is 172 Å². The molecule has 0 unspecified atom stereocenters. The van der Waals surface area contributed by atoms with Gasteiger partial charge >= 0.3 is 0 Å². The molecule has 2 aromatic carbocycles. The van der Waals surface area contributed by atoms with E-state index in [-0.39, 0.29) is 5.82 Å². The third-order valence-corrected chi connectivity index (χ3v) is 4.72. The van der Waals surface area contributed by atoms with Crippen LogP contribution in [0.4, 0.5) is 4.39 Å². The van der Waals surface area contributed by atoms with Gasteiger partial charge in [0.25, 0.3) is 0 Å². The van der Waals surface area contributed by atoms with Crippen molar-refractivity contribution in [1.29, 1.82) is 0 Å². The van der Waals surface area contributed by atoms with E-state index in [1.165, 1.54) is 0 Å². The van der Waals surface area contributed by atoms with Crippen molar-refractivity contribution in [1.82, 2.24) is 5.32 Å². The average molecular weight is 393 g/mol. The van der Waals surface area contributed by atoms with Gasteiger partial charge in [0.15, 0.2) is 0 Å². The number of benzene rings is 2. The third-order valence-electron chi connectivity index (χ3n) is 4.37. The van der Waals surface area contributed by atoms with Crippen molar-refractivity contribution in [2.45, 2.75) is 11.8 Å². The first-order valence-electron chi connectivity index (χ1n) is 8.92. The van der Waals surface area contributed by atoms with Crippen LogP contribution in [-0.2, 0) is 0 Å². The Balaban J connectivity index is 2.58. The van der Waals surface area contributed by atoms with Crippen LogP contribution >= 0.6 is 12.6 Å². The first-order chi connectivity index (χ1) is 13.5. The Morgan fingerprint density at radius 3 is 2.57 bits per heavy atom. The van der Waals surface area contributed by atoms with Gasteiger partial charge in [0.1, 0.15) is 5.82 Å². The number of likely N-dealkylation sites (N-methyl/N-ethyl adjacent to an activating group) is 1. The second-order valence-corrected chi connectivity index (χ2v) is 6.66. The van der Waals surface area contributed by atoms with Crippen LogP contribution in [0.1, 0.15) is 11.1 Å². The van der Waals surface area contributed by atoms with Gasteiger partial charge in [-0.1, -0.05) is 61.2 Å². The Kier molecular flexibility index (Phi) is 8.18. The van der Waals surface area contributed by atoms with Gasteiger partial charge in [-0.15, -0.1) is 12.6 Å². The van der Waals surface area contributed by atoms with Crippen molar-refractivity contribution in [3.8, 4) is 11.1 Å². The lowest BCUT2D eigenvalue weighted by Gasteiger charge is -2.14. The highest BCUT2D eigenvalue weighted by Crippen LogP contribution is 2.33. The van der Waals surface area contributed by atoms with E-state index >= 15 is 0 Å². The van der Waals surface area contributed by atoms with Gasteiger partial charge in [-0.05, 0) is 54.6 Å². The number of halogens is 1. The molecule has 0 fully saturated rings. The molecule has 0 bridgehead atoms. The summed E-state index contributed by atoms with van der Waals surface area (Å²) in [5, 5.41) is 3.13. The fourth-order valence-corrected chi connectivity index (χ4v) is 3.11. The van der Waals surface area contributed by atoms with Gasteiger partial charge in [0.2, 0.25) is 0 Å². The molecule has 0 saturated carbocycles. The Bertz CT molecular complexity index is 955. The summed E-state index contributed by atoms with van der Waals surface area (Å²) < 4.78 is 14.6. The first-order valence-corrected chi connectivity index (χ1v) is 9.37. The van der Waals surface area contributed by atoms with Crippen molar-refractivity contribution >= 4 is 24.9 Å². The fraction of sp³-hybridized carbons (Fsp3) is 0.125. The topological polar surface area (TPSA) is 24.4 Å². The van der Waals surface area contributed by atoms with Gasteiger partial charge in [-0.3, -0.25) is 4.99 Å². The highest BCUT2D eigenvalue weighted by Gasteiger charge is 2.13. The number of aliphatic imine (C=N–C) groups is 1. The minimum atomic E-state index is -0.309. The van der Waals surface area contributed by atoms with Crippen molar-refractivity contribution < 1.29 is 4.39 Å². The fourth-order valence-electron chi connectivity index (χ4n) is 2.90. The van der Waals surface area contributed by atoms with E-state index in [0.29, 0.717) is 17.0 Å². The predicted octanol–water partition coefficient (Wildman–Crippen LogP) is 6.02. The summed E-state index contributed by atoms with van der Waals surface area (Å²) in [6.45, 7) is 9.99. The van der Waals surface area contributed by atoms with E-state index < -0.39 is 0 Å². The molecule has 28 heavy (non-hydrogen) atoms. The number of allylic oxidation sites excluding steroid dienone is 5. The number of nitrogens with one attached hydrogen (secondary N) is 1. The largest absolute Gasteiger partial charge is 0.316 e. The maximum atomic E-state index is 14.6. The third kappa shape index (κ3) is 5.18. The molecule has 0 aliphatic carbocycles. The van der Waals surface area contributed by atoms with Crippen molar-refractivity contribution in [3.05, 3.63) is 96.0 Å². The predicted molar refractivity (Wildman–Crippen MR) is 123 cm³/mol. The SMILES string of the molecule is C=CC(/C=C\C(=C/CNC)c1cccc(-c2cccc(S)c2F)c1C)=C/N=C. The molecular formula is C24H25FN2S. The van der Waals surface area contributed by atoms with Crippen LogP contribution in [0.15, 0.2) is 88.9 Å². The lowest BCUT2D eigenvalue weighted by atomic mass is 9.91. The van der Waals surface area contributed by atoms with Gasteiger partial charge in [-0.2, -0.15) is 0 Å². The second kappa shape index (κ2) is 10.6. The zero-order valence-electron chi connectivity index (χ0n) is 16.2. The molecule has 2 nitrogen and oxygen atoms in total. The van der Waals surface area contributed by atoms with E-state index in [4.69, 9.17) is 0 Å². The maximum absolute atomic E-state index is 14.6. The molecule has 144 valence electrons. The summed E-state index contributed by atoms with van der Waals surface area (Å²) in [7, 11) is 1.89. The highest BCUT2D eigenvalue weighted by molar-refractivity contribution is 7.80. The molecule has 0 spiro atoms. The summed E-state index contributed by atoms with van der Waals surface area (Å²) in [6, 6.07) is 11.2. The van der Waals surface area contributed by atoms with Crippen LogP contribution in [0.25, 0.3) is 16.7 Å². The molecule has 0 saturated heterocycles. The van der Waals surface area contributed by atoms with Gasteiger partial charge < -0.3 is 5.32 Å². The monoisotopic (exact) mass is 392 g/mol. The molecule has 0 aliphatic heterocycles. The van der Waals surface area contributed by atoms with E-state index in [1.54, 1.807) is 24.4 Å². The van der Waals surface area contributed by atoms with Crippen LogP contribution in [0, 0.1) is 12.7 Å². The zero-order chi connectivity index (χ0) is 20.5. The minimum Gasteiger partial charge on any atom is -0.316 e. The molecule has 2 aromatic rings. The summed E-state index contributed by atoms with van der Waals surface area (Å²) >= 11 is 4.22. The molecule has 0 amide bonds. The number of hydrogen-bond donors (Lipinski definition) is 2. The Hall–Kier alpha value is -2.69. The Morgan fingerprint density at radius 1 is 1.18 bits per heavy atom. The molecule has 2 rings (SSSR count). The summed E-state index contributed by atoms with van der Waals surface area (Å²) in [4.78, 5) is 4.13. The standard InChI is InChI=1S/C24H25FN2S/c1-5-18(16-27-4)12-13-19(14-15-26-3)20-8-6-9-21(17(20)2)22-10-7-11-23(28)24(22)25/h5-14,16,26,28H,1,4,15H2,2-3H3/b13-12-,18-16-,19-14+. The zero-order valence-corrected chi connectivity index (χ0v) is 17.1. The van der Waals surface area contributed by atoms with Crippen LogP contribution < -0.4 is 5.32 Å². The summed E-state index contributed by atoms with van der Waals surface area (Å²) in [5.41, 5.74) is 5.30. The number of hydrogen-bond acceptors (Lipinski definition) is 3. The van der Waals surface area contributed by atoms with Crippen molar-refractivity contribution in [3.63, 3.8) is 0 Å². The summed E-state index contributed by atoms with van der Waals surface area (Å²) in [5.74, 6) is -0.309. The molecule has 0 heterocycles. The molecule has 4 heteroatoms. The Morgan fingerprint density at radius 2 is 1.89 bits per heavy atom. The number of rotatable bonds is 8. The van der Waals surface area contributed by atoms with Crippen LogP contribution in [0.2, 0.25) is 0 Å². The van der Waals surface area contributed by atoms with Crippen LogP contribution in [-0.4, -0.2) is 20.3 Å². The van der Waals surface area contributed by atoms with Crippen molar-refractivity contribution in [2.24, 2.45) is 4.99 Å². The van der Waals surface area contributed by atoms with E-state index in [2.05, 4.69) is 42.3 Å². The van der Waals surface area contributed by atoms with E-state index in [1.807, 2.05) is 50.4 Å². The lowest BCUT2D eigenvalue weighted by Crippen LogP contribution is -2.05. The van der Waals surface area contributed by atoms with Crippen LogP contribution in [0.5, 0.6) is 0 Å². The van der Waals surface area contributed by atoms with Crippen molar-refractivity contribution in [2.75, 3.05) is 13.6 Å². The normalized spacial score (nSPS) is 12.4. The summed E-state index contributed by atoms with van der Waals surface area (Å²) in [6.07, 6.45) is 9.40. The van der Waals surface area contributed by atoms with Crippen LogP contribution in [0.3, 0.4) is 0 Å². The van der Waals surface area contributed by atoms with Gasteiger partial charge in [0, 0.05) is 23.2 Å². The highest BCUT2D eigenvalue weighted by atomic mass is 32.1. The smallest absolute Gasteiger partial charge is 0.144 e. The van der Waals surface area contributed by atoms with Gasteiger partial charge in [-0.25, -0.2) is 4.39 Å². The second-order valence-electron chi connectivity index (χ2n) is 6.18. The molecule has 0 radical (unpaired) electrons. The minimum absolute atomic E-state index is 0.309. The molecule has 0 aromatic heterocycles. The number of nitrogens with zero attached hydrogens (tertiary/aromatic N) is 1.